The minimum Gasteiger partial charge on any atom is -0.465 e. The van der Waals surface area contributed by atoms with Crippen LogP contribution in [0.25, 0.3) is 0 Å². The van der Waals surface area contributed by atoms with Crippen LogP contribution in [0.2, 0.25) is 0 Å². The highest BCUT2D eigenvalue weighted by molar-refractivity contribution is 5.64. The standard InChI is InChI=1S/C10H19NO3/c12-7-9-3-1-8(2-4-9)5-6-11-10(13)14/h8-9,11-12H,1-7H2,(H,13,14). The molecule has 3 N–H and O–H groups in total. The Morgan fingerprint density at radius 1 is 1.21 bits per heavy atom. The molecule has 1 aliphatic rings. The van der Waals surface area contributed by atoms with Crippen LogP contribution in [0, 0.1) is 11.8 Å². The minimum atomic E-state index is -0.936. The van der Waals surface area contributed by atoms with Gasteiger partial charge in [0.1, 0.15) is 0 Å². The van der Waals surface area contributed by atoms with E-state index in [0.29, 0.717) is 25.0 Å². The Bertz CT molecular complexity index is 176. The summed E-state index contributed by atoms with van der Waals surface area (Å²) in [6.07, 6.45) is 4.44. The van der Waals surface area contributed by atoms with E-state index in [0.717, 1.165) is 32.1 Å². The molecule has 1 saturated carbocycles. The number of hydrogen-bond acceptors (Lipinski definition) is 2. The first-order chi connectivity index (χ1) is 6.72. The lowest BCUT2D eigenvalue weighted by atomic mass is 9.81. The number of nitrogens with one attached hydrogen (secondary N) is 1. The molecule has 82 valence electrons. The number of hydrogen-bond donors (Lipinski definition) is 3. The molecule has 14 heavy (non-hydrogen) atoms. The first kappa shape index (κ1) is 11.3. The molecule has 0 atom stereocenters. The third-order valence-corrected chi connectivity index (χ3v) is 3.05. The maximum absolute atomic E-state index is 10.2. The summed E-state index contributed by atoms with van der Waals surface area (Å²) in [6.45, 7) is 0.865. The Morgan fingerprint density at radius 3 is 2.29 bits per heavy atom. The Kier molecular flexibility index (Phi) is 4.73. The van der Waals surface area contributed by atoms with Gasteiger partial charge in [-0.15, -0.1) is 0 Å². The lowest BCUT2D eigenvalue weighted by Crippen LogP contribution is -2.25. The van der Waals surface area contributed by atoms with Crippen molar-refractivity contribution in [1.29, 1.82) is 0 Å². The molecule has 0 heterocycles. The predicted molar refractivity (Wildman–Crippen MR) is 53.2 cm³/mol. The summed E-state index contributed by atoms with van der Waals surface area (Å²) in [5, 5.41) is 19.7. The van der Waals surface area contributed by atoms with Gasteiger partial charge in [-0.1, -0.05) is 12.8 Å². The molecule has 1 fully saturated rings. The zero-order valence-electron chi connectivity index (χ0n) is 8.41. The molecule has 0 aliphatic heterocycles. The van der Waals surface area contributed by atoms with Crippen molar-refractivity contribution in [3.05, 3.63) is 0 Å². The molecule has 1 rings (SSSR count). The van der Waals surface area contributed by atoms with Crippen molar-refractivity contribution in [1.82, 2.24) is 5.32 Å². The third kappa shape index (κ3) is 3.96. The highest BCUT2D eigenvalue weighted by atomic mass is 16.4. The van der Waals surface area contributed by atoms with Crippen LogP contribution in [-0.2, 0) is 0 Å². The van der Waals surface area contributed by atoms with Crippen molar-refractivity contribution in [3.8, 4) is 0 Å². The van der Waals surface area contributed by atoms with E-state index in [2.05, 4.69) is 5.32 Å². The van der Waals surface area contributed by atoms with E-state index in [9.17, 15) is 4.79 Å². The molecule has 0 aromatic heterocycles. The average molecular weight is 201 g/mol. The van der Waals surface area contributed by atoms with Gasteiger partial charge in [0.15, 0.2) is 0 Å². The van der Waals surface area contributed by atoms with Crippen LogP contribution in [0.4, 0.5) is 4.79 Å². The van der Waals surface area contributed by atoms with E-state index < -0.39 is 6.09 Å². The maximum Gasteiger partial charge on any atom is 0.404 e. The third-order valence-electron chi connectivity index (χ3n) is 3.05. The Balaban J connectivity index is 2.07. The maximum atomic E-state index is 10.2. The van der Waals surface area contributed by atoms with Crippen LogP contribution in [0.15, 0.2) is 0 Å². The fourth-order valence-electron chi connectivity index (χ4n) is 2.09. The van der Waals surface area contributed by atoms with Gasteiger partial charge in [0.05, 0.1) is 0 Å². The van der Waals surface area contributed by atoms with Crippen LogP contribution in [0.5, 0.6) is 0 Å². The SMILES string of the molecule is O=C(O)NCCC1CCC(CO)CC1. The second-order valence-electron chi connectivity index (χ2n) is 4.09. The van der Waals surface area contributed by atoms with Crippen LogP contribution in [0.3, 0.4) is 0 Å². The van der Waals surface area contributed by atoms with Crippen molar-refractivity contribution in [3.63, 3.8) is 0 Å². The summed E-state index contributed by atoms with van der Waals surface area (Å²) in [7, 11) is 0. The quantitative estimate of drug-likeness (QED) is 0.644. The smallest absolute Gasteiger partial charge is 0.404 e. The van der Waals surface area contributed by atoms with Gasteiger partial charge in [0.25, 0.3) is 0 Å². The highest BCUT2D eigenvalue weighted by Gasteiger charge is 2.20. The topological polar surface area (TPSA) is 69.6 Å². The number of carboxylic acid groups (broad SMARTS) is 1. The van der Waals surface area contributed by atoms with Crippen molar-refractivity contribution < 1.29 is 15.0 Å². The molecule has 0 unspecified atom stereocenters. The van der Waals surface area contributed by atoms with Crippen molar-refractivity contribution >= 4 is 6.09 Å². The predicted octanol–water partition coefficient (Wildman–Crippen LogP) is 1.44. The summed E-state index contributed by atoms with van der Waals surface area (Å²) in [6, 6.07) is 0. The molecule has 0 bridgehead atoms. The van der Waals surface area contributed by atoms with Gasteiger partial charge in [-0.05, 0) is 31.1 Å². The molecule has 4 heteroatoms. The fourth-order valence-corrected chi connectivity index (χ4v) is 2.09. The second kappa shape index (κ2) is 5.86. The van der Waals surface area contributed by atoms with E-state index in [1.807, 2.05) is 0 Å². The Labute approximate surface area is 84.3 Å². The summed E-state index contributed by atoms with van der Waals surface area (Å²) in [5.41, 5.74) is 0. The molecule has 0 radical (unpaired) electrons. The van der Waals surface area contributed by atoms with Gasteiger partial charge in [0, 0.05) is 13.2 Å². The van der Waals surface area contributed by atoms with Gasteiger partial charge in [0.2, 0.25) is 0 Å². The number of aliphatic hydroxyl groups is 1. The van der Waals surface area contributed by atoms with Crippen molar-refractivity contribution in [2.45, 2.75) is 32.1 Å². The summed E-state index contributed by atoms with van der Waals surface area (Å²) in [5.74, 6) is 1.13. The lowest BCUT2D eigenvalue weighted by molar-refractivity contribution is 0.163. The first-order valence-corrected chi connectivity index (χ1v) is 5.30. The summed E-state index contributed by atoms with van der Waals surface area (Å²) < 4.78 is 0. The van der Waals surface area contributed by atoms with E-state index in [1.165, 1.54) is 0 Å². The van der Waals surface area contributed by atoms with Crippen LogP contribution >= 0.6 is 0 Å². The monoisotopic (exact) mass is 201 g/mol. The number of amides is 1. The lowest BCUT2D eigenvalue weighted by Gasteiger charge is -2.27. The molecular weight excluding hydrogens is 182 g/mol. The Morgan fingerprint density at radius 2 is 1.79 bits per heavy atom. The minimum absolute atomic E-state index is 0.306. The van der Waals surface area contributed by atoms with Crippen LogP contribution in [0.1, 0.15) is 32.1 Å². The van der Waals surface area contributed by atoms with E-state index >= 15 is 0 Å². The van der Waals surface area contributed by atoms with Crippen molar-refractivity contribution in [2.75, 3.05) is 13.2 Å². The summed E-state index contributed by atoms with van der Waals surface area (Å²) in [4.78, 5) is 10.2. The van der Waals surface area contributed by atoms with E-state index in [4.69, 9.17) is 10.2 Å². The Hall–Kier alpha value is -0.770. The average Bonchev–Trinajstić information content (AvgIpc) is 2.18. The number of rotatable bonds is 4. The molecule has 1 amide bonds. The van der Waals surface area contributed by atoms with Crippen LogP contribution < -0.4 is 5.32 Å². The largest absolute Gasteiger partial charge is 0.465 e. The zero-order chi connectivity index (χ0) is 10.4. The van der Waals surface area contributed by atoms with E-state index in [-0.39, 0.29) is 0 Å². The molecule has 0 aromatic carbocycles. The highest BCUT2D eigenvalue weighted by Crippen LogP contribution is 2.29. The van der Waals surface area contributed by atoms with Crippen molar-refractivity contribution in [2.24, 2.45) is 11.8 Å². The normalized spacial score (nSPS) is 27.2. The number of aliphatic hydroxyl groups excluding tert-OH is 1. The van der Waals surface area contributed by atoms with E-state index in [1.54, 1.807) is 0 Å². The number of carbonyl (C=O) groups is 1. The van der Waals surface area contributed by atoms with Gasteiger partial charge < -0.3 is 15.5 Å². The molecule has 4 nitrogen and oxygen atoms in total. The fraction of sp³-hybridized carbons (Fsp3) is 0.900. The second-order valence-corrected chi connectivity index (χ2v) is 4.09. The van der Waals surface area contributed by atoms with Crippen LogP contribution in [-0.4, -0.2) is 29.5 Å². The molecular formula is C10H19NO3. The van der Waals surface area contributed by atoms with Gasteiger partial charge in [-0.25, -0.2) is 4.79 Å². The zero-order valence-corrected chi connectivity index (χ0v) is 8.41. The van der Waals surface area contributed by atoms with Gasteiger partial charge >= 0.3 is 6.09 Å². The summed E-state index contributed by atoms with van der Waals surface area (Å²) >= 11 is 0. The molecule has 0 saturated heterocycles. The van der Waals surface area contributed by atoms with Gasteiger partial charge in [-0.3, -0.25) is 0 Å². The molecule has 0 aromatic rings. The first-order valence-electron chi connectivity index (χ1n) is 5.30. The molecule has 1 aliphatic carbocycles. The molecule has 0 spiro atoms. The van der Waals surface area contributed by atoms with Gasteiger partial charge in [-0.2, -0.15) is 0 Å².